The maximum absolute atomic E-state index is 5.44. The first-order valence-electron chi connectivity index (χ1n) is 6.61. The fraction of sp³-hybridized carbons (Fsp3) is 0.333. The molecule has 2 aromatic rings. The van der Waals surface area contributed by atoms with Gasteiger partial charge in [-0.2, -0.15) is 0 Å². The average molecular weight is 289 g/mol. The van der Waals surface area contributed by atoms with Gasteiger partial charge in [0.15, 0.2) is 5.16 Å². The summed E-state index contributed by atoms with van der Waals surface area (Å²) in [6, 6.07) is 10.1. The second-order valence-corrected chi connectivity index (χ2v) is 5.18. The molecule has 0 fully saturated rings. The highest BCUT2D eigenvalue weighted by molar-refractivity contribution is 7.99. The van der Waals surface area contributed by atoms with Crippen LogP contribution >= 0.6 is 11.8 Å². The number of para-hydroxylation sites is 1. The summed E-state index contributed by atoms with van der Waals surface area (Å²) in [7, 11) is 1.70. The number of nitrogens with one attached hydrogen (secondary N) is 1. The molecular formula is C15H19N3OS. The lowest BCUT2D eigenvalue weighted by molar-refractivity contribution is 0.403. The average Bonchev–Trinajstić information content (AvgIpc) is 2.52. The number of nitrogens with zero attached hydrogens (tertiary/aromatic N) is 2. The van der Waals surface area contributed by atoms with Crippen molar-refractivity contribution in [2.75, 3.05) is 19.4 Å². The van der Waals surface area contributed by atoms with Crippen LogP contribution in [0.15, 0.2) is 47.9 Å². The summed E-state index contributed by atoms with van der Waals surface area (Å²) in [6.45, 7) is 3.00. The van der Waals surface area contributed by atoms with Crippen LogP contribution in [-0.2, 0) is 0 Å². The second-order valence-electron chi connectivity index (χ2n) is 4.19. The van der Waals surface area contributed by atoms with Crippen molar-refractivity contribution in [2.24, 2.45) is 0 Å². The molecule has 1 heterocycles. The van der Waals surface area contributed by atoms with E-state index in [2.05, 4.69) is 28.3 Å². The largest absolute Gasteiger partial charge is 0.496 e. The zero-order valence-corrected chi connectivity index (χ0v) is 12.6. The highest BCUT2D eigenvalue weighted by atomic mass is 32.2. The van der Waals surface area contributed by atoms with Crippen LogP contribution in [0.2, 0.25) is 0 Å². The topological polar surface area (TPSA) is 47.0 Å². The van der Waals surface area contributed by atoms with Crippen LogP contribution in [0.1, 0.15) is 18.5 Å². The summed E-state index contributed by atoms with van der Waals surface area (Å²) in [6.07, 6.45) is 3.53. The Balaban J connectivity index is 2.10. The molecule has 0 aliphatic heterocycles. The van der Waals surface area contributed by atoms with Crippen LogP contribution in [0.5, 0.6) is 5.75 Å². The minimum Gasteiger partial charge on any atom is -0.496 e. The summed E-state index contributed by atoms with van der Waals surface area (Å²) in [5.74, 6) is 1.77. The Hall–Kier alpha value is -1.59. The first kappa shape index (κ1) is 14.8. The number of rotatable bonds is 7. The van der Waals surface area contributed by atoms with E-state index in [1.54, 1.807) is 31.3 Å². The molecular weight excluding hydrogens is 270 g/mol. The van der Waals surface area contributed by atoms with Crippen LogP contribution in [-0.4, -0.2) is 29.4 Å². The fourth-order valence-electron chi connectivity index (χ4n) is 1.98. The van der Waals surface area contributed by atoms with Crippen molar-refractivity contribution in [1.29, 1.82) is 0 Å². The van der Waals surface area contributed by atoms with Gasteiger partial charge < -0.3 is 10.1 Å². The Labute approximate surface area is 124 Å². The Morgan fingerprint density at radius 1 is 1.20 bits per heavy atom. The molecule has 1 atom stereocenters. The molecule has 0 aliphatic rings. The molecule has 0 bridgehead atoms. The van der Waals surface area contributed by atoms with E-state index in [1.807, 2.05) is 24.3 Å². The molecule has 0 aliphatic carbocycles. The summed E-state index contributed by atoms with van der Waals surface area (Å²) < 4.78 is 5.44. The number of hydrogen-bond acceptors (Lipinski definition) is 5. The summed E-state index contributed by atoms with van der Waals surface area (Å²) in [4.78, 5) is 8.48. The van der Waals surface area contributed by atoms with Crippen LogP contribution in [0.3, 0.4) is 0 Å². The molecule has 2 rings (SSSR count). The van der Waals surface area contributed by atoms with Gasteiger partial charge in [0, 0.05) is 29.8 Å². The summed E-state index contributed by atoms with van der Waals surface area (Å²) in [5, 5.41) is 4.28. The van der Waals surface area contributed by atoms with E-state index in [-0.39, 0.29) is 6.04 Å². The predicted molar refractivity (Wildman–Crippen MR) is 82.2 cm³/mol. The maximum Gasteiger partial charge on any atom is 0.187 e. The van der Waals surface area contributed by atoms with Gasteiger partial charge in [0.25, 0.3) is 0 Å². The van der Waals surface area contributed by atoms with Crippen molar-refractivity contribution in [1.82, 2.24) is 15.3 Å². The third-order valence-corrected chi connectivity index (χ3v) is 3.86. The molecule has 4 nitrogen and oxygen atoms in total. The lowest BCUT2D eigenvalue weighted by Crippen LogP contribution is -2.23. The highest BCUT2D eigenvalue weighted by Crippen LogP contribution is 2.28. The Morgan fingerprint density at radius 3 is 2.65 bits per heavy atom. The van der Waals surface area contributed by atoms with Gasteiger partial charge in [-0.15, -0.1) is 0 Å². The van der Waals surface area contributed by atoms with Gasteiger partial charge in [0.1, 0.15) is 5.75 Å². The van der Waals surface area contributed by atoms with Gasteiger partial charge in [-0.1, -0.05) is 36.9 Å². The van der Waals surface area contributed by atoms with Crippen molar-refractivity contribution in [3.63, 3.8) is 0 Å². The molecule has 106 valence electrons. The number of thioether (sulfide) groups is 1. The third kappa shape index (κ3) is 3.95. The fourth-order valence-corrected chi connectivity index (χ4v) is 2.86. The molecule has 0 saturated carbocycles. The highest BCUT2D eigenvalue weighted by Gasteiger charge is 2.15. The van der Waals surface area contributed by atoms with E-state index >= 15 is 0 Å². The lowest BCUT2D eigenvalue weighted by Gasteiger charge is -2.20. The van der Waals surface area contributed by atoms with E-state index < -0.39 is 0 Å². The molecule has 1 aromatic heterocycles. The first-order chi connectivity index (χ1) is 9.85. The molecule has 5 heteroatoms. The van der Waals surface area contributed by atoms with Crippen molar-refractivity contribution in [3.8, 4) is 5.75 Å². The zero-order valence-electron chi connectivity index (χ0n) is 11.7. The molecule has 1 aromatic carbocycles. The summed E-state index contributed by atoms with van der Waals surface area (Å²) >= 11 is 1.64. The number of ether oxygens (including phenoxy) is 1. The van der Waals surface area contributed by atoms with Gasteiger partial charge in [0.2, 0.25) is 0 Å². The van der Waals surface area contributed by atoms with E-state index in [1.165, 1.54) is 5.56 Å². The molecule has 1 unspecified atom stereocenters. The molecule has 0 amide bonds. The van der Waals surface area contributed by atoms with Crippen LogP contribution < -0.4 is 10.1 Å². The normalized spacial score (nSPS) is 12.1. The molecule has 0 saturated heterocycles. The van der Waals surface area contributed by atoms with Gasteiger partial charge in [-0.05, 0) is 18.7 Å². The standard InChI is InChI=1S/C15H19N3OS/c1-3-16-13(11-20-15-17-9-6-10-18-15)12-7-4-5-8-14(12)19-2/h4-10,13,16H,3,11H2,1-2H3. The number of benzene rings is 1. The maximum atomic E-state index is 5.44. The second kappa shape index (κ2) is 7.87. The zero-order chi connectivity index (χ0) is 14.2. The van der Waals surface area contributed by atoms with E-state index in [0.29, 0.717) is 0 Å². The Kier molecular flexibility index (Phi) is 5.83. The van der Waals surface area contributed by atoms with Gasteiger partial charge in [0.05, 0.1) is 7.11 Å². The lowest BCUT2D eigenvalue weighted by atomic mass is 10.1. The third-order valence-electron chi connectivity index (χ3n) is 2.89. The van der Waals surface area contributed by atoms with E-state index in [9.17, 15) is 0 Å². The quantitative estimate of drug-likeness (QED) is 0.627. The molecule has 1 N–H and O–H groups in total. The van der Waals surface area contributed by atoms with Crippen molar-refractivity contribution in [2.45, 2.75) is 18.1 Å². The van der Waals surface area contributed by atoms with Crippen LogP contribution in [0.4, 0.5) is 0 Å². The summed E-state index contributed by atoms with van der Waals surface area (Å²) in [5.41, 5.74) is 1.17. The van der Waals surface area contributed by atoms with E-state index in [4.69, 9.17) is 4.74 Å². The Bertz CT molecular complexity index is 522. The van der Waals surface area contributed by atoms with E-state index in [0.717, 1.165) is 23.2 Å². The minimum absolute atomic E-state index is 0.213. The van der Waals surface area contributed by atoms with Crippen molar-refractivity contribution in [3.05, 3.63) is 48.3 Å². The Morgan fingerprint density at radius 2 is 1.95 bits per heavy atom. The molecule has 20 heavy (non-hydrogen) atoms. The monoisotopic (exact) mass is 289 g/mol. The van der Waals surface area contributed by atoms with Crippen molar-refractivity contribution >= 4 is 11.8 Å². The van der Waals surface area contributed by atoms with Gasteiger partial charge in [-0.3, -0.25) is 0 Å². The minimum atomic E-state index is 0.213. The van der Waals surface area contributed by atoms with Gasteiger partial charge >= 0.3 is 0 Å². The molecule has 0 radical (unpaired) electrons. The van der Waals surface area contributed by atoms with Crippen LogP contribution in [0, 0.1) is 0 Å². The molecule has 0 spiro atoms. The number of aromatic nitrogens is 2. The van der Waals surface area contributed by atoms with Crippen molar-refractivity contribution < 1.29 is 4.74 Å². The first-order valence-corrected chi connectivity index (χ1v) is 7.59. The predicted octanol–water partition coefficient (Wildman–Crippen LogP) is 2.93. The number of methoxy groups -OCH3 is 1. The van der Waals surface area contributed by atoms with Gasteiger partial charge in [-0.25, -0.2) is 9.97 Å². The smallest absolute Gasteiger partial charge is 0.187 e. The van der Waals surface area contributed by atoms with Crippen LogP contribution in [0.25, 0.3) is 0 Å². The SMILES string of the molecule is CCNC(CSc1ncccn1)c1ccccc1OC. The number of hydrogen-bond donors (Lipinski definition) is 1.